The van der Waals surface area contributed by atoms with Crippen molar-refractivity contribution < 1.29 is 58.8 Å². The van der Waals surface area contributed by atoms with Gasteiger partial charge >= 0.3 is 6.03 Å². The fourth-order valence-electron chi connectivity index (χ4n) is 3.44. The second-order valence-corrected chi connectivity index (χ2v) is 5.74. The maximum absolute atomic E-state index is 12.6. The number of benzene rings is 2. The van der Waals surface area contributed by atoms with Crippen LogP contribution >= 0.6 is 0 Å². The minimum atomic E-state index is -0.818. The van der Waals surface area contributed by atoms with Gasteiger partial charge in [0.1, 0.15) is 6.04 Å². The van der Waals surface area contributed by atoms with Crippen LogP contribution in [0.3, 0.4) is 0 Å². The zero-order valence-electron chi connectivity index (χ0n) is 12.7. The van der Waals surface area contributed by atoms with Crippen LogP contribution in [-0.4, -0.2) is 40.6 Å². The van der Waals surface area contributed by atoms with E-state index in [2.05, 4.69) is 6.07 Å². The minimum absolute atomic E-state index is 0. The minimum Gasteiger partial charge on any atom is -0.390 e. The van der Waals surface area contributed by atoms with Crippen molar-refractivity contribution in [1.82, 2.24) is 4.90 Å². The van der Waals surface area contributed by atoms with Crippen molar-refractivity contribution in [2.75, 3.05) is 11.4 Å². The second kappa shape index (κ2) is 6.44. The predicted octanol–water partition coefficient (Wildman–Crippen LogP) is 1.61. The zero-order chi connectivity index (χ0) is 16.1. The number of nitrogens with zero attached hydrogens (tertiary/aromatic N) is 3. The monoisotopic (exact) mass is 534 g/mol. The molecule has 7 heteroatoms. The normalized spacial score (nSPS) is 22.5. The van der Waals surface area contributed by atoms with Crippen LogP contribution in [0.25, 0.3) is 10.8 Å². The van der Waals surface area contributed by atoms with E-state index in [1.54, 1.807) is 30.3 Å². The van der Waals surface area contributed by atoms with Crippen LogP contribution in [0.2, 0.25) is 0 Å². The van der Waals surface area contributed by atoms with Gasteiger partial charge < -0.3 is 10.0 Å². The molecule has 2 atom stereocenters. The van der Waals surface area contributed by atoms with Gasteiger partial charge in [-0.2, -0.15) is 5.26 Å². The third-order valence-electron chi connectivity index (χ3n) is 4.54. The Morgan fingerprint density at radius 3 is 2.50 bits per heavy atom. The van der Waals surface area contributed by atoms with Crippen molar-refractivity contribution in [2.24, 2.45) is 0 Å². The van der Waals surface area contributed by atoms with E-state index in [1.807, 2.05) is 6.07 Å². The summed E-state index contributed by atoms with van der Waals surface area (Å²) in [6, 6.07) is 11.3. The Hall–Kier alpha value is -1.47. The summed E-state index contributed by atoms with van der Waals surface area (Å²) in [4.78, 5) is 27.8. The first-order chi connectivity index (χ1) is 11.1. The Morgan fingerprint density at radius 2 is 1.83 bits per heavy atom. The van der Waals surface area contributed by atoms with Gasteiger partial charge in [-0.1, -0.05) is 24.3 Å². The Morgan fingerprint density at radius 1 is 1.12 bits per heavy atom. The molecule has 2 aromatic carbocycles. The number of rotatable bonds is 1. The van der Waals surface area contributed by atoms with E-state index in [1.165, 1.54) is 4.90 Å². The molecule has 0 bridgehead atoms. The SMILES string of the molecule is N#Cc1ccc(N2C(=O)[C@@H]3[C@H](O)CCN3C2=O)c2ccccc12.[Ac]. The standard InChI is InChI=1S/C17H13N3O3.Ac/c18-9-10-5-6-13(12-4-2-1-3-11(10)12)20-16(22)15-14(21)7-8-19(15)17(20)23;/h1-6,14-15,21H,7-8H2;/t14-,15+;/m1./s1. The number of aliphatic hydroxyl groups excluding tert-OH is 1. The van der Waals surface area contributed by atoms with Crippen LogP contribution in [0, 0.1) is 55.4 Å². The summed E-state index contributed by atoms with van der Waals surface area (Å²) in [6.07, 6.45) is -0.398. The average Bonchev–Trinajstić information content (AvgIpc) is 3.07. The summed E-state index contributed by atoms with van der Waals surface area (Å²) >= 11 is 0. The Kier molecular flexibility index (Phi) is 4.66. The van der Waals surface area contributed by atoms with E-state index < -0.39 is 24.1 Å². The zero-order valence-corrected chi connectivity index (χ0v) is 17.5. The number of hydrogen-bond acceptors (Lipinski definition) is 4. The van der Waals surface area contributed by atoms with Gasteiger partial charge in [0.2, 0.25) is 0 Å². The number of imide groups is 1. The molecule has 0 aromatic heterocycles. The number of urea groups is 1. The molecule has 0 saturated carbocycles. The van der Waals surface area contributed by atoms with Gasteiger partial charge in [-0.3, -0.25) is 4.79 Å². The van der Waals surface area contributed by atoms with Crippen molar-refractivity contribution >= 4 is 28.4 Å². The van der Waals surface area contributed by atoms with Crippen LogP contribution in [0.5, 0.6) is 0 Å². The predicted molar refractivity (Wildman–Crippen MR) is 82.7 cm³/mol. The first kappa shape index (κ1) is 17.4. The number of nitriles is 1. The molecule has 0 aliphatic carbocycles. The van der Waals surface area contributed by atoms with Gasteiger partial charge in [-0.05, 0) is 18.6 Å². The number of carbonyl (C=O) groups is 2. The van der Waals surface area contributed by atoms with Crippen molar-refractivity contribution in [1.29, 1.82) is 5.26 Å². The average molecular weight is 534 g/mol. The molecule has 6 nitrogen and oxygen atoms in total. The summed E-state index contributed by atoms with van der Waals surface area (Å²) in [7, 11) is 0. The Bertz CT molecular complexity index is 892. The molecule has 3 amide bonds. The van der Waals surface area contributed by atoms with Crippen LogP contribution in [0.1, 0.15) is 12.0 Å². The molecular formula is C17H13AcN3O3. The molecule has 24 heavy (non-hydrogen) atoms. The van der Waals surface area contributed by atoms with Crippen LogP contribution < -0.4 is 4.90 Å². The van der Waals surface area contributed by atoms with Gasteiger partial charge in [-0.15, -0.1) is 0 Å². The molecule has 2 aromatic rings. The van der Waals surface area contributed by atoms with Gasteiger partial charge in [0.25, 0.3) is 5.91 Å². The molecule has 0 spiro atoms. The molecule has 4 rings (SSSR count). The summed E-state index contributed by atoms with van der Waals surface area (Å²) in [6.45, 7) is 0.376. The van der Waals surface area contributed by atoms with E-state index in [4.69, 9.17) is 0 Å². The molecule has 2 aliphatic heterocycles. The topological polar surface area (TPSA) is 84.6 Å². The summed E-state index contributed by atoms with van der Waals surface area (Å²) < 4.78 is 0. The van der Waals surface area contributed by atoms with E-state index in [-0.39, 0.29) is 44.1 Å². The fourth-order valence-corrected chi connectivity index (χ4v) is 3.44. The number of aliphatic hydroxyl groups is 1. The largest absolute Gasteiger partial charge is 0.390 e. The first-order valence-corrected chi connectivity index (χ1v) is 7.38. The Balaban J connectivity index is 0.00000169. The van der Waals surface area contributed by atoms with E-state index in [9.17, 15) is 20.0 Å². The van der Waals surface area contributed by atoms with E-state index in [0.717, 1.165) is 4.90 Å². The van der Waals surface area contributed by atoms with E-state index >= 15 is 0 Å². The van der Waals surface area contributed by atoms with Gasteiger partial charge in [0, 0.05) is 61.4 Å². The van der Waals surface area contributed by atoms with Crippen LogP contribution in [0.15, 0.2) is 36.4 Å². The summed E-state index contributed by atoms with van der Waals surface area (Å²) in [5.74, 6) is -0.408. The molecule has 1 radical (unpaired) electrons. The number of hydrogen-bond donors (Lipinski definition) is 1. The molecule has 2 fully saturated rings. The van der Waals surface area contributed by atoms with Gasteiger partial charge in [0.15, 0.2) is 0 Å². The van der Waals surface area contributed by atoms with E-state index in [0.29, 0.717) is 35.0 Å². The molecular weight excluding hydrogens is 521 g/mol. The van der Waals surface area contributed by atoms with Crippen molar-refractivity contribution in [3.05, 3.63) is 42.0 Å². The molecule has 0 unspecified atom stereocenters. The molecule has 2 saturated heterocycles. The third-order valence-corrected chi connectivity index (χ3v) is 4.54. The second-order valence-electron chi connectivity index (χ2n) is 5.74. The summed E-state index contributed by atoms with van der Waals surface area (Å²) in [5, 5.41) is 20.6. The number of fused-ring (bicyclic) bond motifs is 2. The number of anilines is 1. The first-order valence-electron chi connectivity index (χ1n) is 7.38. The number of carbonyl (C=O) groups excluding carboxylic acids is 2. The maximum Gasteiger partial charge on any atom is 0.332 e. The maximum atomic E-state index is 12.6. The third kappa shape index (κ3) is 2.37. The molecule has 2 heterocycles. The molecule has 117 valence electrons. The fraction of sp³-hybridized carbons (Fsp3) is 0.235. The molecule has 1 N–H and O–H groups in total. The molecule has 2 aliphatic rings. The smallest absolute Gasteiger partial charge is 0.332 e. The summed E-state index contributed by atoms with van der Waals surface area (Å²) in [5.41, 5.74) is 0.945. The quantitative estimate of drug-likeness (QED) is 0.564. The van der Waals surface area contributed by atoms with Crippen molar-refractivity contribution in [3.8, 4) is 6.07 Å². The van der Waals surface area contributed by atoms with Crippen molar-refractivity contribution in [2.45, 2.75) is 18.6 Å². The van der Waals surface area contributed by atoms with Gasteiger partial charge in [0.05, 0.1) is 23.4 Å². The van der Waals surface area contributed by atoms with Gasteiger partial charge in [-0.25, -0.2) is 9.69 Å². The van der Waals surface area contributed by atoms with Crippen LogP contribution in [0.4, 0.5) is 10.5 Å². The number of amides is 3. The van der Waals surface area contributed by atoms with Crippen LogP contribution in [-0.2, 0) is 4.79 Å². The van der Waals surface area contributed by atoms with Crippen molar-refractivity contribution in [3.63, 3.8) is 0 Å². The Labute approximate surface area is 174 Å².